The number of carbonyl (C=O) groups is 1. The van der Waals surface area contributed by atoms with Gasteiger partial charge < -0.3 is 14.5 Å². The maximum absolute atomic E-state index is 13.2. The van der Waals surface area contributed by atoms with Crippen molar-refractivity contribution in [2.45, 2.75) is 50.7 Å². The van der Waals surface area contributed by atoms with Gasteiger partial charge in [0.2, 0.25) is 11.9 Å². The lowest BCUT2D eigenvalue weighted by molar-refractivity contribution is -0.154. The Morgan fingerprint density at radius 1 is 1.08 bits per heavy atom. The van der Waals surface area contributed by atoms with E-state index < -0.39 is 0 Å². The van der Waals surface area contributed by atoms with Gasteiger partial charge in [-0.15, -0.1) is 0 Å². The van der Waals surface area contributed by atoms with Crippen molar-refractivity contribution in [1.29, 1.82) is 0 Å². The second kappa shape index (κ2) is 7.05. The van der Waals surface area contributed by atoms with Crippen LogP contribution in [0.4, 0.5) is 5.95 Å². The molecule has 1 amide bonds. The highest BCUT2D eigenvalue weighted by Crippen LogP contribution is 2.31. The third-order valence-electron chi connectivity index (χ3n) is 5.62. The summed E-state index contributed by atoms with van der Waals surface area (Å²) in [4.78, 5) is 26.2. The van der Waals surface area contributed by atoms with Crippen molar-refractivity contribution in [2.75, 3.05) is 31.1 Å². The number of amides is 1. The van der Waals surface area contributed by atoms with Gasteiger partial charge in [-0.25, -0.2) is 9.97 Å². The lowest BCUT2D eigenvalue weighted by atomic mass is 9.88. The van der Waals surface area contributed by atoms with Crippen LogP contribution in [0.15, 0.2) is 18.5 Å². The van der Waals surface area contributed by atoms with Crippen molar-refractivity contribution >= 4 is 11.9 Å². The molecule has 0 spiro atoms. The fraction of sp³-hybridized carbons (Fsp3) is 0.722. The smallest absolute Gasteiger partial charge is 0.227 e. The summed E-state index contributed by atoms with van der Waals surface area (Å²) < 4.78 is 5.92. The number of hydrogen-bond donors (Lipinski definition) is 0. The van der Waals surface area contributed by atoms with Gasteiger partial charge in [-0.3, -0.25) is 4.79 Å². The highest BCUT2D eigenvalue weighted by atomic mass is 16.5. The van der Waals surface area contributed by atoms with Gasteiger partial charge in [0.05, 0.1) is 24.7 Å². The van der Waals surface area contributed by atoms with E-state index in [1.165, 1.54) is 12.8 Å². The summed E-state index contributed by atoms with van der Waals surface area (Å²) in [5, 5.41) is 0. The molecule has 0 radical (unpaired) electrons. The molecule has 1 aliphatic carbocycles. The Morgan fingerprint density at radius 3 is 2.79 bits per heavy atom. The Morgan fingerprint density at radius 2 is 1.92 bits per heavy atom. The van der Waals surface area contributed by atoms with E-state index in [-0.39, 0.29) is 12.0 Å². The number of nitrogens with zero attached hydrogens (tertiary/aromatic N) is 4. The van der Waals surface area contributed by atoms with E-state index in [1.807, 2.05) is 6.07 Å². The molecule has 24 heavy (non-hydrogen) atoms. The van der Waals surface area contributed by atoms with E-state index in [0.29, 0.717) is 18.6 Å². The second-order valence-corrected chi connectivity index (χ2v) is 7.13. The summed E-state index contributed by atoms with van der Waals surface area (Å²) in [6, 6.07) is 2.12. The predicted molar refractivity (Wildman–Crippen MR) is 90.7 cm³/mol. The number of aromatic nitrogens is 2. The fourth-order valence-electron chi connectivity index (χ4n) is 4.42. The van der Waals surface area contributed by atoms with Crippen LogP contribution in [0.5, 0.6) is 0 Å². The molecular weight excluding hydrogens is 304 g/mol. The Balaban J connectivity index is 1.45. The number of rotatable bonds is 2. The normalized spacial score (nSPS) is 30.8. The van der Waals surface area contributed by atoms with E-state index in [4.69, 9.17) is 4.74 Å². The largest absolute Gasteiger partial charge is 0.374 e. The molecule has 3 fully saturated rings. The molecule has 4 rings (SSSR count). The lowest BCUT2D eigenvalue weighted by Crippen LogP contribution is -2.57. The number of fused-ring (bicyclic) bond motifs is 1. The first kappa shape index (κ1) is 15.8. The summed E-state index contributed by atoms with van der Waals surface area (Å²) in [5.74, 6) is 1.12. The van der Waals surface area contributed by atoms with Crippen LogP contribution in [0.25, 0.3) is 0 Å². The van der Waals surface area contributed by atoms with Crippen LogP contribution in [0.2, 0.25) is 0 Å². The van der Waals surface area contributed by atoms with Crippen LogP contribution >= 0.6 is 0 Å². The molecule has 0 bridgehead atoms. The van der Waals surface area contributed by atoms with Gasteiger partial charge in [-0.1, -0.05) is 12.8 Å². The van der Waals surface area contributed by atoms with E-state index in [2.05, 4.69) is 19.8 Å². The van der Waals surface area contributed by atoms with Crippen LogP contribution in [0, 0.1) is 5.92 Å². The Bertz CT molecular complexity index is 565. The number of piperidine rings is 1. The standard InChI is InChI=1S/C18H26N4O2/c23-17(22-11-12-24-16-7-2-1-6-15(16)22)14-5-3-10-21(13-14)18-19-8-4-9-20-18/h4,8-9,14-16H,1-3,5-7,10-13H2/t14-,15-,16+/m1/s1. The third-order valence-corrected chi connectivity index (χ3v) is 5.62. The van der Waals surface area contributed by atoms with Crippen LogP contribution in [-0.2, 0) is 9.53 Å². The molecule has 3 atom stereocenters. The first-order chi connectivity index (χ1) is 11.8. The molecular formula is C18H26N4O2. The minimum absolute atomic E-state index is 0.0585. The molecule has 130 valence electrons. The van der Waals surface area contributed by atoms with E-state index in [0.717, 1.165) is 51.3 Å². The van der Waals surface area contributed by atoms with Gasteiger partial charge >= 0.3 is 0 Å². The Labute approximate surface area is 143 Å². The number of morpholine rings is 1. The van der Waals surface area contributed by atoms with Crippen LogP contribution in [0.3, 0.4) is 0 Å². The summed E-state index contributed by atoms with van der Waals surface area (Å²) >= 11 is 0. The summed E-state index contributed by atoms with van der Waals surface area (Å²) in [6.07, 6.45) is 10.4. The zero-order chi connectivity index (χ0) is 16.4. The van der Waals surface area contributed by atoms with E-state index >= 15 is 0 Å². The molecule has 1 saturated carbocycles. The molecule has 6 nitrogen and oxygen atoms in total. The predicted octanol–water partition coefficient (Wildman–Crippen LogP) is 1.86. The first-order valence-electron chi connectivity index (χ1n) is 9.27. The molecule has 0 aromatic carbocycles. The minimum Gasteiger partial charge on any atom is -0.374 e. The summed E-state index contributed by atoms with van der Waals surface area (Å²) in [7, 11) is 0. The molecule has 1 aromatic heterocycles. The summed E-state index contributed by atoms with van der Waals surface area (Å²) in [5.41, 5.74) is 0. The third kappa shape index (κ3) is 3.11. The number of anilines is 1. The highest BCUT2D eigenvalue weighted by Gasteiger charge is 2.39. The first-order valence-corrected chi connectivity index (χ1v) is 9.27. The number of ether oxygens (including phenoxy) is 1. The zero-order valence-corrected chi connectivity index (χ0v) is 14.1. The highest BCUT2D eigenvalue weighted by molar-refractivity contribution is 5.80. The van der Waals surface area contributed by atoms with Crippen molar-refractivity contribution in [3.05, 3.63) is 18.5 Å². The molecule has 2 saturated heterocycles. The fourth-order valence-corrected chi connectivity index (χ4v) is 4.42. The van der Waals surface area contributed by atoms with Crippen molar-refractivity contribution in [3.63, 3.8) is 0 Å². The second-order valence-electron chi connectivity index (χ2n) is 7.13. The number of hydrogen-bond acceptors (Lipinski definition) is 5. The van der Waals surface area contributed by atoms with Crippen LogP contribution < -0.4 is 4.90 Å². The average molecular weight is 330 g/mol. The zero-order valence-electron chi connectivity index (χ0n) is 14.1. The minimum atomic E-state index is 0.0585. The van der Waals surface area contributed by atoms with Crippen LogP contribution in [0.1, 0.15) is 38.5 Å². The van der Waals surface area contributed by atoms with E-state index in [1.54, 1.807) is 12.4 Å². The van der Waals surface area contributed by atoms with Gasteiger partial charge in [0.25, 0.3) is 0 Å². The molecule has 2 aliphatic heterocycles. The summed E-state index contributed by atoms with van der Waals surface area (Å²) in [6.45, 7) is 3.10. The molecule has 0 unspecified atom stereocenters. The Hall–Kier alpha value is -1.69. The van der Waals surface area contributed by atoms with Gasteiger partial charge in [-0.2, -0.15) is 0 Å². The molecule has 1 aromatic rings. The van der Waals surface area contributed by atoms with Crippen LogP contribution in [-0.4, -0.2) is 59.2 Å². The van der Waals surface area contributed by atoms with Gasteiger partial charge in [-0.05, 0) is 31.7 Å². The maximum Gasteiger partial charge on any atom is 0.227 e. The maximum atomic E-state index is 13.2. The van der Waals surface area contributed by atoms with Crippen molar-refractivity contribution in [3.8, 4) is 0 Å². The van der Waals surface area contributed by atoms with Crippen molar-refractivity contribution in [2.24, 2.45) is 5.92 Å². The molecule has 3 heterocycles. The van der Waals surface area contributed by atoms with E-state index in [9.17, 15) is 4.79 Å². The average Bonchev–Trinajstić information content (AvgIpc) is 2.68. The molecule has 6 heteroatoms. The van der Waals surface area contributed by atoms with Crippen molar-refractivity contribution in [1.82, 2.24) is 14.9 Å². The monoisotopic (exact) mass is 330 g/mol. The topological polar surface area (TPSA) is 58.6 Å². The Kier molecular flexibility index (Phi) is 4.65. The molecule has 0 N–H and O–H groups in total. The number of carbonyl (C=O) groups excluding carboxylic acids is 1. The SMILES string of the molecule is O=C([C@@H]1CCCN(c2ncccn2)C1)N1CCO[C@H]2CCCC[C@H]21. The van der Waals surface area contributed by atoms with Gasteiger partial charge in [0, 0.05) is 32.0 Å². The lowest BCUT2D eigenvalue weighted by Gasteiger charge is -2.45. The quantitative estimate of drug-likeness (QED) is 0.828. The van der Waals surface area contributed by atoms with Gasteiger partial charge in [0.15, 0.2) is 0 Å². The molecule has 3 aliphatic rings. The van der Waals surface area contributed by atoms with Gasteiger partial charge in [0.1, 0.15) is 0 Å². The van der Waals surface area contributed by atoms with Crippen molar-refractivity contribution < 1.29 is 9.53 Å².